The van der Waals surface area contributed by atoms with Crippen molar-refractivity contribution in [3.63, 3.8) is 0 Å². The number of alkyl halides is 1. The molecule has 0 spiro atoms. The van der Waals surface area contributed by atoms with Crippen LogP contribution in [0.1, 0.15) is 47.0 Å². The summed E-state index contributed by atoms with van der Waals surface area (Å²) in [5.74, 6) is 0.606. The van der Waals surface area contributed by atoms with Gasteiger partial charge in [-0.05, 0) is 37.6 Å². The van der Waals surface area contributed by atoms with E-state index in [4.69, 9.17) is 0 Å². The molecule has 0 saturated heterocycles. The number of hydrogen-bond donors (Lipinski definition) is 0. The molecule has 0 fully saturated rings. The molecule has 3 atom stereocenters. The van der Waals surface area contributed by atoms with Crippen molar-refractivity contribution in [1.82, 2.24) is 0 Å². The third-order valence-corrected chi connectivity index (χ3v) is 4.41. The maximum Gasteiger partial charge on any atom is 0.311 e. The van der Waals surface area contributed by atoms with Crippen LogP contribution in [0.25, 0.3) is 0 Å². The Morgan fingerprint density at radius 2 is 2.11 bits per heavy atom. The minimum atomic E-state index is -0.673. The molecular weight excluding hydrogens is 236 g/mol. The van der Waals surface area contributed by atoms with Crippen LogP contribution in [0.2, 0.25) is 6.32 Å². The summed E-state index contributed by atoms with van der Waals surface area (Å²) in [5, 5.41) is 0. The van der Waals surface area contributed by atoms with Crippen molar-refractivity contribution in [2.24, 2.45) is 16.7 Å². The van der Waals surface area contributed by atoms with Gasteiger partial charge in [0.25, 0.3) is 0 Å². The van der Waals surface area contributed by atoms with E-state index < -0.39 is 6.17 Å². The van der Waals surface area contributed by atoms with Crippen LogP contribution in [0.3, 0.4) is 0 Å². The Kier molecular flexibility index (Phi) is 6.54. The van der Waals surface area contributed by atoms with Gasteiger partial charge in [0.1, 0.15) is 6.17 Å². The third-order valence-electron chi connectivity index (χ3n) is 4.41. The molecule has 0 aromatic carbocycles. The van der Waals surface area contributed by atoms with Crippen LogP contribution in [-0.4, -0.2) is 19.2 Å². The van der Waals surface area contributed by atoms with Gasteiger partial charge in [0.2, 0.25) is 0 Å². The van der Waals surface area contributed by atoms with E-state index in [0.29, 0.717) is 12.3 Å². The molecule has 0 radical (unpaired) electrons. The largest absolute Gasteiger partial charge is 0.343 e. The second kappa shape index (κ2) is 7.67. The van der Waals surface area contributed by atoms with Gasteiger partial charge in [-0.15, -0.1) is 0 Å². The van der Waals surface area contributed by atoms with E-state index in [-0.39, 0.29) is 12.8 Å². The smallest absolute Gasteiger partial charge is 0.311 e. The van der Waals surface area contributed by atoms with Gasteiger partial charge in [-0.3, -0.25) is 0 Å². The summed E-state index contributed by atoms with van der Waals surface area (Å²) in [6.07, 6.45) is 6.98. The Morgan fingerprint density at radius 3 is 2.63 bits per heavy atom. The van der Waals surface area contributed by atoms with Crippen LogP contribution in [-0.2, 0) is 0 Å². The maximum absolute atomic E-state index is 13.8. The molecule has 19 heavy (non-hydrogen) atoms. The van der Waals surface area contributed by atoms with Crippen molar-refractivity contribution in [3.8, 4) is 0 Å². The summed E-state index contributed by atoms with van der Waals surface area (Å²) in [4.78, 5) is 4.50. The Labute approximate surface area is 118 Å². The van der Waals surface area contributed by atoms with Crippen molar-refractivity contribution in [2.45, 2.75) is 59.4 Å². The van der Waals surface area contributed by atoms with Crippen molar-refractivity contribution in [2.75, 3.05) is 0 Å². The van der Waals surface area contributed by atoms with E-state index in [2.05, 4.69) is 31.4 Å². The molecule has 0 bridgehead atoms. The van der Waals surface area contributed by atoms with Crippen LogP contribution in [0.5, 0.6) is 0 Å². The first-order valence-corrected chi connectivity index (χ1v) is 7.54. The lowest BCUT2D eigenvalue weighted by Crippen LogP contribution is -2.23. The lowest BCUT2D eigenvalue weighted by Gasteiger charge is -2.25. The fourth-order valence-corrected chi connectivity index (χ4v) is 2.95. The van der Waals surface area contributed by atoms with Crippen LogP contribution < -0.4 is 0 Å². The minimum Gasteiger partial charge on any atom is -0.343 e. The lowest BCUT2D eigenvalue weighted by atomic mass is 9.51. The molecule has 106 valence electrons. The molecule has 1 aliphatic rings. The Morgan fingerprint density at radius 1 is 1.42 bits per heavy atom. The second-order valence-corrected chi connectivity index (χ2v) is 5.75. The zero-order valence-corrected chi connectivity index (χ0v) is 12.8. The predicted molar refractivity (Wildman–Crippen MR) is 84.7 cm³/mol. The molecule has 0 saturated carbocycles. The summed E-state index contributed by atoms with van der Waals surface area (Å²) in [6, 6.07) is 0. The molecule has 0 amide bonds. The van der Waals surface area contributed by atoms with Gasteiger partial charge in [0, 0.05) is 6.21 Å². The average Bonchev–Trinajstić information content (AvgIpc) is 2.86. The first kappa shape index (κ1) is 16.2. The summed E-state index contributed by atoms with van der Waals surface area (Å²) in [7, 11) is 0. The summed E-state index contributed by atoms with van der Waals surface area (Å²) in [5.41, 5.74) is 2.34. The molecule has 3 heteroatoms. The SMILES string of the molecule is C=C(C)C1=CC=NB1CC[C@H](CC)C(C)C(F)CC. The van der Waals surface area contributed by atoms with Crippen LogP contribution in [0.15, 0.2) is 28.6 Å². The fraction of sp³-hybridized carbons (Fsp3) is 0.688. The van der Waals surface area contributed by atoms with E-state index in [1.54, 1.807) is 0 Å². The number of hydrogen-bond acceptors (Lipinski definition) is 1. The predicted octanol–water partition coefficient (Wildman–Crippen LogP) is 4.90. The van der Waals surface area contributed by atoms with Gasteiger partial charge >= 0.3 is 6.85 Å². The van der Waals surface area contributed by atoms with Gasteiger partial charge in [0.05, 0.1) is 0 Å². The Hall–Kier alpha value is -0.855. The first-order valence-electron chi connectivity index (χ1n) is 7.54. The molecule has 1 aliphatic heterocycles. The molecular formula is C16H27BFN. The van der Waals surface area contributed by atoms with E-state index >= 15 is 0 Å². The molecule has 0 aromatic rings. The van der Waals surface area contributed by atoms with Crippen LogP contribution in [0.4, 0.5) is 4.39 Å². The normalized spacial score (nSPS) is 19.2. The van der Waals surface area contributed by atoms with E-state index in [0.717, 1.165) is 24.7 Å². The molecule has 1 heterocycles. The molecule has 2 unspecified atom stereocenters. The monoisotopic (exact) mass is 263 g/mol. The zero-order chi connectivity index (χ0) is 14.4. The molecule has 0 aliphatic carbocycles. The minimum absolute atomic E-state index is 0.151. The zero-order valence-electron chi connectivity index (χ0n) is 12.8. The molecule has 0 aromatic heterocycles. The second-order valence-electron chi connectivity index (χ2n) is 5.75. The van der Waals surface area contributed by atoms with Crippen LogP contribution in [0, 0.1) is 11.8 Å². The standard InChI is InChI=1S/C16H27BFN/c1-6-14(13(5)16(18)7-2)8-10-17-15(12(3)4)9-11-19-17/h9,11,13-14,16H,3,6-8,10H2,1-2,4-5H3/t13?,14-,16?/m0/s1. The maximum atomic E-state index is 13.8. The third kappa shape index (κ3) is 4.33. The Bertz CT molecular complexity index is 362. The molecule has 0 N–H and O–H groups in total. The first-order chi connectivity index (χ1) is 9.01. The van der Waals surface area contributed by atoms with Crippen molar-refractivity contribution in [3.05, 3.63) is 23.7 Å². The number of rotatable bonds is 8. The number of allylic oxidation sites excluding steroid dienone is 3. The van der Waals surface area contributed by atoms with Gasteiger partial charge in [0.15, 0.2) is 0 Å². The van der Waals surface area contributed by atoms with E-state index in [9.17, 15) is 4.39 Å². The van der Waals surface area contributed by atoms with Gasteiger partial charge < -0.3 is 4.90 Å². The molecule has 1 rings (SSSR count). The number of nitrogens with zero attached hydrogens (tertiary/aromatic N) is 1. The lowest BCUT2D eigenvalue weighted by molar-refractivity contribution is 0.167. The highest BCUT2D eigenvalue weighted by atomic mass is 19.1. The van der Waals surface area contributed by atoms with E-state index in [1.807, 2.05) is 20.1 Å². The van der Waals surface area contributed by atoms with Crippen LogP contribution >= 0.6 is 0 Å². The summed E-state index contributed by atoms with van der Waals surface area (Å²) in [6.45, 7) is 12.4. The summed E-state index contributed by atoms with van der Waals surface area (Å²) >= 11 is 0. The highest BCUT2D eigenvalue weighted by Crippen LogP contribution is 2.30. The highest BCUT2D eigenvalue weighted by molar-refractivity contribution is 6.69. The number of halogens is 1. The Balaban J connectivity index is 2.52. The van der Waals surface area contributed by atoms with Crippen molar-refractivity contribution < 1.29 is 4.39 Å². The van der Waals surface area contributed by atoms with Crippen molar-refractivity contribution in [1.29, 1.82) is 0 Å². The highest BCUT2D eigenvalue weighted by Gasteiger charge is 2.27. The average molecular weight is 263 g/mol. The van der Waals surface area contributed by atoms with Gasteiger partial charge in [-0.2, -0.15) is 0 Å². The quantitative estimate of drug-likeness (QED) is 0.552. The van der Waals surface area contributed by atoms with Crippen molar-refractivity contribution >= 4 is 13.1 Å². The van der Waals surface area contributed by atoms with E-state index in [1.165, 1.54) is 5.47 Å². The van der Waals surface area contributed by atoms with Gasteiger partial charge in [-0.1, -0.05) is 51.2 Å². The fourth-order valence-electron chi connectivity index (χ4n) is 2.95. The summed E-state index contributed by atoms with van der Waals surface area (Å²) < 4.78 is 13.8. The molecule has 1 nitrogen and oxygen atoms in total. The van der Waals surface area contributed by atoms with Gasteiger partial charge in [-0.25, -0.2) is 4.39 Å². The topological polar surface area (TPSA) is 12.4 Å².